The predicted octanol–water partition coefficient (Wildman–Crippen LogP) is 1.95. The van der Waals surface area contributed by atoms with E-state index in [0.29, 0.717) is 12.3 Å². The number of nitrogens with zero attached hydrogens (tertiary/aromatic N) is 1. The highest BCUT2D eigenvalue weighted by atomic mass is 16.5. The van der Waals surface area contributed by atoms with Crippen molar-refractivity contribution in [2.45, 2.75) is 32.9 Å². The van der Waals surface area contributed by atoms with E-state index in [9.17, 15) is 4.79 Å². The van der Waals surface area contributed by atoms with Crippen molar-refractivity contribution >= 4 is 17.3 Å². The second-order valence-corrected chi connectivity index (χ2v) is 5.11. The van der Waals surface area contributed by atoms with E-state index in [-0.39, 0.29) is 18.0 Å². The molecular formula is C15H25N3O2. The molecular weight excluding hydrogens is 254 g/mol. The molecule has 3 N–H and O–H groups in total. The minimum absolute atomic E-state index is 0.0282. The number of methoxy groups -OCH3 is 1. The van der Waals surface area contributed by atoms with Gasteiger partial charge < -0.3 is 15.8 Å². The zero-order valence-electron chi connectivity index (χ0n) is 12.7. The molecule has 0 saturated heterocycles. The van der Waals surface area contributed by atoms with Crippen molar-refractivity contribution in [1.29, 1.82) is 0 Å². The van der Waals surface area contributed by atoms with Crippen molar-refractivity contribution in [1.82, 2.24) is 4.90 Å². The van der Waals surface area contributed by atoms with Gasteiger partial charge in [0.25, 0.3) is 0 Å². The highest BCUT2D eigenvalue weighted by molar-refractivity contribution is 5.94. The number of nitrogens with one attached hydrogen (secondary N) is 1. The first-order chi connectivity index (χ1) is 9.45. The third kappa shape index (κ3) is 4.83. The van der Waals surface area contributed by atoms with Crippen LogP contribution in [-0.2, 0) is 9.53 Å². The maximum atomic E-state index is 12.3. The molecule has 0 aliphatic rings. The molecule has 1 amide bonds. The van der Waals surface area contributed by atoms with Crippen molar-refractivity contribution in [2.75, 3.05) is 31.3 Å². The molecule has 20 heavy (non-hydrogen) atoms. The minimum Gasteiger partial charge on any atom is -0.399 e. The van der Waals surface area contributed by atoms with E-state index >= 15 is 0 Å². The van der Waals surface area contributed by atoms with E-state index in [4.69, 9.17) is 10.5 Å². The Bertz CT molecular complexity index is 418. The number of hydrogen-bond acceptors (Lipinski definition) is 4. The normalized spacial score (nSPS) is 12.7. The summed E-state index contributed by atoms with van der Waals surface area (Å²) in [7, 11) is 1.66. The van der Waals surface area contributed by atoms with Gasteiger partial charge in [-0.2, -0.15) is 0 Å². The van der Waals surface area contributed by atoms with E-state index in [1.165, 1.54) is 0 Å². The summed E-state index contributed by atoms with van der Waals surface area (Å²) in [6, 6.07) is 7.19. The molecule has 0 aliphatic heterocycles. The molecule has 1 aromatic rings. The fourth-order valence-electron chi connectivity index (χ4n) is 2.06. The Balaban J connectivity index is 2.66. The first-order valence-electron chi connectivity index (χ1n) is 6.86. The van der Waals surface area contributed by atoms with Gasteiger partial charge in [-0.1, -0.05) is 0 Å². The van der Waals surface area contributed by atoms with Gasteiger partial charge in [-0.15, -0.1) is 0 Å². The SMILES string of the molecule is COCCN(C(C)C)C(C)C(=O)Nc1ccc(N)cc1. The Labute approximate surface area is 121 Å². The summed E-state index contributed by atoms with van der Waals surface area (Å²) in [5, 5.41) is 2.90. The molecule has 0 aromatic heterocycles. The zero-order chi connectivity index (χ0) is 15.1. The number of benzene rings is 1. The second-order valence-electron chi connectivity index (χ2n) is 5.11. The Hall–Kier alpha value is -1.59. The Kier molecular flexibility index (Phi) is 6.48. The van der Waals surface area contributed by atoms with Crippen molar-refractivity contribution in [3.05, 3.63) is 24.3 Å². The van der Waals surface area contributed by atoms with Crippen LogP contribution in [0.2, 0.25) is 0 Å². The van der Waals surface area contributed by atoms with Gasteiger partial charge in [0.15, 0.2) is 0 Å². The number of nitrogens with two attached hydrogens (primary N) is 1. The number of anilines is 2. The molecule has 5 nitrogen and oxygen atoms in total. The van der Waals surface area contributed by atoms with Gasteiger partial charge >= 0.3 is 0 Å². The van der Waals surface area contributed by atoms with E-state index in [0.717, 1.165) is 12.2 Å². The van der Waals surface area contributed by atoms with Crippen LogP contribution >= 0.6 is 0 Å². The standard InChI is InChI=1S/C15H25N3O2/c1-11(2)18(9-10-20-4)12(3)15(19)17-14-7-5-13(16)6-8-14/h5-8,11-12H,9-10,16H2,1-4H3,(H,17,19). The molecule has 0 fully saturated rings. The number of carbonyl (C=O) groups is 1. The summed E-state index contributed by atoms with van der Waals surface area (Å²) in [6.07, 6.45) is 0. The summed E-state index contributed by atoms with van der Waals surface area (Å²) in [5.74, 6) is -0.0282. The van der Waals surface area contributed by atoms with Gasteiger partial charge in [-0.25, -0.2) is 0 Å². The average molecular weight is 279 g/mol. The number of hydrogen-bond donors (Lipinski definition) is 2. The molecule has 0 saturated carbocycles. The van der Waals surface area contributed by atoms with Gasteiger partial charge in [-0.3, -0.25) is 9.69 Å². The third-order valence-electron chi connectivity index (χ3n) is 3.27. The average Bonchev–Trinajstić information content (AvgIpc) is 2.41. The van der Waals surface area contributed by atoms with E-state index in [2.05, 4.69) is 24.1 Å². The van der Waals surface area contributed by atoms with Crippen LogP contribution in [0.3, 0.4) is 0 Å². The first kappa shape index (κ1) is 16.5. The second kappa shape index (κ2) is 7.87. The Morgan fingerprint density at radius 2 is 1.90 bits per heavy atom. The minimum atomic E-state index is -0.220. The van der Waals surface area contributed by atoms with Crippen LogP contribution in [0.5, 0.6) is 0 Å². The van der Waals surface area contributed by atoms with Gasteiger partial charge in [0.2, 0.25) is 5.91 Å². The maximum Gasteiger partial charge on any atom is 0.241 e. The van der Waals surface area contributed by atoms with Crippen LogP contribution in [-0.4, -0.2) is 43.2 Å². The number of amides is 1. The molecule has 1 rings (SSSR count). The smallest absolute Gasteiger partial charge is 0.241 e. The number of nitrogen functional groups attached to an aromatic ring is 1. The van der Waals surface area contributed by atoms with Crippen molar-refractivity contribution in [2.24, 2.45) is 0 Å². The molecule has 1 atom stereocenters. The van der Waals surface area contributed by atoms with Crippen molar-refractivity contribution in [3.8, 4) is 0 Å². The lowest BCUT2D eigenvalue weighted by molar-refractivity contribution is -0.121. The van der Waals surface area contributed by atoms with E-state index < -0.39 is 0 Å². The van der Waals surface area contributed by atoms with Gasteiger partial charge in [-0.05, 0) is 45.0 Å². The largest absolute Gasteiger partial charge is 0.399 e. The van der Waals surface area contributed by atoms with Crippen LogP contribution in [0.4, 0.5) is 11.4 Å². The Morgan fingerprint density at radius 1 is 1.30 bits per heavy atom. The van der Waals surface area contributed by atoms with Gasteiger partial charge in [0.05, 0.1) is 12.6 Å². The number of carbonyl (C=O) groups excluding carboxylic acids is 1. The summed E-state index contributed by atoms with van der Waals surface area (Å²) in [5.41, 5.74) is 7.06. The monoisotopic (exact) mass is 279 g/mol. The van der Waals surface area contributed by atoms with Crippen LogP contribution in [0.1, 0.15) is 20.8 Å². The number of ether oxygens (including phenoxy) is 1. The lowest BCUT2D eigenvalue weighted by Gasteiger charge is -2.31. The summed E-state index contributed by atoms with van der Waals surface area (Å²) in [4.78, 5) is 14.4. The van der Waals surface area contributed by atoms with Gasteiger partial charge in [0, 0.05) is 31.1 Å². The highest BCUT2D eigenvalue weighted by Crippen LogP contribution is 2.13. The van der Waals surface area contributed by atoms with E-state index in [1.54, 1.807) is 31.4 Å². The molecule has 0 radical (unpaired) electrons. The van der Waals surface area contributed by atoms with Crippen LogP contribution < -0.4 is 11.1 Å². The summed E-state index contributed by atoms with van der Waals surface area (Å²) < 4.78 is 5.10. The lowest BCUT2D eigenvalue weighted by atomic mass is 10.2. The van der Waals surface area contributed by atoms with E-state index in [1.807, 2.05) is 6.92 Å². The molecule has 0 heterocycles. The molecule has 112 valence electrons. The highest BCUT2D eigenvalue weighted by Gasteiger charge is 2.23. The van der Waals surface area contributed by atoms with Crippen LogP contribution in [0.25, 0.3) is 0 Å². The molecule has 1 aromatic carbocycles. The molecule has 0 aliphatic carbocycles. The molecule has 0 spiro atoms. The van der Waals surface area contributed by atoms with Crippen LogP contribution in [0.15, 0.2) is 24.3 Å². The van der Waals surface area contributed by atoms with Crippen LogP contribution in [0, 0.1) is 0 Å². The fourth-order valence-corrected chi connectivity index (χ4v) is 2.06. The summed E-state index contributed by atoms with van der Waals surface area (Å²) in [6.45, 7) is 7.38. The number of rotatable bonds is 7. The fraction of sp³-hybridized carbons (Fsp3) is 0.533. The molecule has 5 heteroatoms. The summed E-state index contributed by atoms with van der Waals surface area (Å²) >= 11 is 0. The molecule has 0 bridgehead atoms. The quantitative estimate of drug-likeness (QED) is 0.749. The van der Waals surface area contributed by atoms with Crippen molar-refractivity contribution < 1.29 is 9.53 Å². The molecule has 1 unspecified atom stereocenters. The maximum absolute atomic E-state index is 12.3. The van der Waals surface area contributed by atoms with Crippen molar-refractivity contribution in [3.63, 3.8) is 0 Å². The predicted molar refractivity (Wildman–Crippen MR) is 82.7 cm³/mol. The topological polar surface area (TPSA) is 67.6 Å². The Morgan fingerprint density at radius 3 is 2.40 bits per heavy atom. The lowest BCUT2D eigenvalue weighted by Crippen LogP contribution is -2.47. The van der Waals surface area contributed by atoms with Gasteiger partial charge in [0.1, 0.15) is 0 Å². The zero-order valence-corrected chi connectivity index (χ0v) is 12.7. The first-order valence-corrected chi connectivity index (χ1v) is 6.86. The third-order valence-corrected chi connectivity index (χ3v) is 3.27.